The first-order valence-electron chi connectivity index (χ1n) is 13.6. The van der Waals surface area contributed by atoms with Gasteiger partial charge in [-0.1, -0.05) is 28.1 Å². The van der Waals surface area contributed by atoms with E-state index in [1.165, 1.54) is 18.7 Å². The number of thiazole rings is 1. The van der Waals surface area contributed by atoms with Crippen molar-refractivity contribution in [2.24, 2.45) is 10.3 Å². The number of hydrogen-bond donors (Lipinski definition) is 6. The SMILES string of the molecule is C[C@H](O/N=C(\C(=O)NC1C(=O)N2C(C(=O)[O-])=C(C[n+]3cccc4c3nc(N)n4CCNS(N)(=O)=O)CSC12)c1nc(N)sc1Cl)C(=O)O. The summed E-state index contributed by atoms with van der Waals surface area (Å²) < 4.78 is 27.8. The van der Waals surface area contributed by atoms with E-state index in [1.54, 1.807) is 27.5 Å². The number of nitrogens with two attached hydrogens (primary N) is 3. The number of carbonyl (C=O) groups excluding carboxylic acids is 3. The van der Waals surface area contributed by atoms with Crippen LogP contribution in [0.15, 0.2) is 34.8 Å². The van der Waals surface area contributed by atoms with Gasteiger partial charge in [-0.2, -0.15) is 8.42 Å². The van der Waals surface area contributed by atoms with Crippen LogP contribution in [0.3, 0.4) is 0 Å². The second kappa shape index (κ2) is 13.5. The molecule has 3 atom stereocenters. The molecule has 0 aromatic carbocycles. The van der Waals surface area contributed by atoms with Gasteiger partial charge >= 0.3 is 17.6 Å². The molecule has 5 rings (SSSR count). The molecular formula is C24H26ClN11O9S3. The highest BCUT2D eigenvalue weighted by atomic mass is 35.5. The highest BCUT2D eigenvalue weighted by Gasteiger charge is 2.53. The summed E-state index contributed by atoms with van der Waals surface area (Å²) in [5.74, 6) is -4.58. The molecule has 3 aromatic heterocycles. The number of nitrogens with one attached hydrogen (secondary N) is 2. The largest absolute Gasteiger partial charge is 0.543 e. The normalized spacial score (nSPS) is 18.8. The van der Waals surface area contributed by atoms with Gasteiger partial charge in [0.15, 0.2) is 10.8 Å². The molecule has 3 aromatic rings. The van der Waals surface area contributed by atoms with Crippen LogP contribution in [0.1, 0.15) is 12.6 Å². The predicted molar refractivity (Wildman–Crippen MR) is 169 cm³/mol. The lowest BCUT2D eigenvalue weighted by molar-refractivity contribution is -0.664. The van der Waals surface area contributed by atoms with Gasteiger partial charge in [-0.25, -0.2) is 24.2 Å². The van der Waals surface area contributed by atoms with E-state index in [9.17, 15) is 32.7 Å². The summed E-state index contributed by atoms with van der Waals surface area (Å²) in [6.07, 6.45) is 0.177. The number of fused-ring (bicyclic) bond motifs is 2. The van der Waals surface area contributed by atoms with E-state index in [0.29, 0.717) is 16.7 Å². The number of imidazole rings is 1. The third-order valence-electron chi connectivity index (χ3n) is 7.03. The Hall–Kier alpha value is -4.55. The second-order valence-corrected chi connectivity index (χ2v) is 14.3. The monoisotopic (exact) mass is 743 g/mol. The Kier molecular flexibility index (Phi) is 9.79. The minimum Gasteiger partial charge on any atom is -0.543 e. The molecule has 0 saturated carbocycles. The lowest BCUT2D eigenvalue weighted by Gasteiger charge is -2.50. The fraction of sp³-hybridized carbons (Fsp3) is 0.333. The topological polar surface area (TPSA) is 307 Å². The first-order valence-corrected chi connectivity index (χ1v) is 17.4. The Bertz CT molecular complexity index is 2010. The number of carboxylic acid groups (broad SMARTS) is 2. The van der Waals surface area contributed by atoms with Crippen LogP contribution in [0.25, 0.3) is 11.2 Å². The molecule has 2 unspecified atom stereocenters. The second-order valence-electron chi connectivity index (χ2n) is 10.2. The van der Waals surface area contributed by atoms with Gasteiger partial charge < -0.3 is 36.6 Å². The Morgan fingerprint density at radius 3 is 2.69 bits per heavy atom. The number of β-lactam (4-membered cyclic amide) rings is 1. The van der Waals surface area contributed by atoms with E-state index in [1.807, 2.05) is 0 Å². The highest BCUT2D eigenvalue weighted by molar-refractivity contribution is 8.00. The molecule has 5 heterocycles. The number of aromatic nitrogens is 4. The number of carbonyl (C=O) groups is 4. The fourth-order valence-electron chi connectivity index (χ4n) is 4.86. The summed E-state index contributed by atoms with van der Waals surface area (Å²) in [7, 11) is -3.93. The number of thioether (sulfide) groups is 1. The number of nitrogen functional groups attached to an aromatic ring is 2. The Morgan fingerprint density at radius 1 is 1.33 bits per heavy atom. The zero-order valence-electron chi connectivity index (χ0n) is 24.5. The quantitative estimate of drug-likeness (QED) is 0.0432. The number of anilines is 2. The van der Waals surface area contributed by atoms with Crippen LogP contribution in [0.2, 0.25) is 4.34 Å². The summed E-state index contributed by atoms with van der Waals surface area (Å²) in [4.78, 5) is 64.4. The zero-order valence-corrected chi connectivity index (χ0v) is 27.7. The van der Waals surface area contributed by atoms with Crippen molar-refractivity contribution in [3.05, 3.63) is 39.6 Å². The number of aliphatic carboxylic acids is 2. The molecule has 1 fully saturated rings. The van der Waals surface area contributed by atoms with Crippen LogP contribution in [-0.4, -0.2) is 92.2 Å². The van der Waals surface area contributed by atoms with Gasteiger partial charge in [-0.3, -0.25) is 19.1 Å². The third-order valence-corrected chi connectivity index (χ3v) is 10.1. The van der Waals surface area contributed by atoms with Crippen LogP contribution in [0, 0.1) is 0 Å². The van der Waals surface area contributed by atoms with Crippen LogP contribution in [-0.2, 0) is 47.3 Å². The number of hydrogen-bond acceptors (Lipinski definition) is 15. The van der Waals surface area contributed by atoms with E-state index in [2.05, 4.69) is 25.2 Å². The smallest absolute Gasteiger partial charge is 0.351 e. The minimum atomic E-state index is -3.93. The summed E-state index contributed by atoms with van der Waals surface area (Å²) >= 11 is 8.14. The van der Waals surface area contributed by atoms with Gasteiger partial charge in [-0.15, -0.1) is 11.8 Å². The van der Waals surface area contributed by atoms with Crippen LogP contribution < -0.4 is 36.3 Å². The van der Waals surface area contributed by atoms with Gasteiger partial charge in [0.2, 0.25) is 6.10 Å². The van der Waals surface area contributed by atoms with Crippen molar-refractivity contribution in [2.45, 2.75) is 37.5 Å². The fourth-order valence-corrected chi connectivity index (χ4v) is 7.50. The Labute approximate surface area is 283 Å². The molecular weight excluding hydrogens is 718 g/mol. The zero-order chi connectivity index (χ0) is 35.1. The Balaban J connectivity index is 1.38. The van der Waals surface area contributed by atoms with Crippen molar-refractivity contribution < 1.29 is 47.2 Å². The molecule has 0 aliphatic carbocycles. The van der Waals surface area contributed by atoms with Gasteiger partial charge in [0.1, 0.15) is 33.5 Å². The molecule has 256 valence electrons. The summed E-state index contributed by atoms with van der Waals surface area (Å²) in [5, 5.41) is 31.7. The van der Waals surface area contributed by atoms with Crippen molar-refractivity contribution in [3.63, 3.8) is 0 Å². The maximum atomic E-state index is 13.3. The molecule has 0 radical (unpaired) electrons. The van der Waals surface area contributed by atoms with E-state index < -0.39 is 57.2 Å². The standard InChI is InChI=1S/C24H26ClN11O9S3/c1-9(21(39)40)45-33-13(12-16(25)47-24(27)31-12)18(37)30-14-19(38)36-15(22(41)42)10(8-46-20(14)36)7-34-5-2-3-11-17(34)32-23(26)35(11)6-4-29-48(28,43)44/h2-3,5,9,14,20,26,29H,4,6-8H2,1H3,(H7,27,28,30,31,37,39,40,41,42,43,44)/b33-13-/t9-,14?,20?/m0/s1. The number of halogens is 1. The molecule has 24 heteroatoms. The van der Waals surface area contributed by atoms with Crippen molar-refractivity contribution in [1.82, 2.24) is 29.5 Å². The van der Waals surface area contributed by atoms with Crippen molar-refractivity contribution in [2.75, 3.05) is 23.8 Å². The van der Waals surface area contributed by atoms with Gasteiger partial charge in [0.25, 0.3) is 22.0 Å². The van der Waals surface area contributed by atoms with Crippen molar-refractivity contribution in [1.29, 1.82) is 0 Å². The maximum Gasteiger partial charge on any atom is 0.351 e. The summed E-state index contributed by atoms with van der Waals surface area (Å²) in [6, 6.07) is 2.14. The minimum absolute atomic E-state index is 0.0196. The molecule has 0 spiro atoms. The molecule has 2 aliphatic heterocycles. The van der Waals surface area contributed by atoms with Gasteiger partial charge in [-0.05, 0) is 24.0 Å². The van der Waals surface area contributed by atoms with Gasteiger partial charge in [0.05, 0.1) is 17.9 Å². The third kappa shape index (κ3) is 7.00. The van der Waals surface area contributed by atoms with E-state index >= 15 is 0 Å². The number of amides is 2. The number of nitrogens with zero attached hydrogens (tertiary/aromatic N) is 6. The first kappa shape index (κ1) is 34.8. The number of oxime groups is 1. The predicted octanol–water partition coefficient (Wildman–Crippen LogP) is -3.31. The lowest BCUT2D eigenvalue weighted by Crippen LogP contribution is -2.71. The molecule has 48 heavy (non-hydrogen) atoms. The van der Waals surface area contributed by atoms with Crippen molar-refractivity contribution in [3.8, 4) is 0 Å². The summed E-state index contributed by atoms with van der Waals surface area (Å²) in [5.41, 5.74) is 11.8. The number of pyridine rings is 1. The number of carboxylic acids is 2. The average molecular weight is 744 g/mol. The Morgan fingerprint density at radius 2 is 2.06 bits per heavy atom. The van der Waals surface area contributed by atoms with E-state index in [4.69, 9.17) is 38.2 Å². The lowest BCUT2D eigenvalue weighted by atomic mass is 10.0. The van der Waals surface area contributed by atoms with Crippen molar-refractivity contribution >= 4 is 96.6 Å². The molecule has 2 amide bonds. The molecule has 20 nitrogen and oxygen atoms in total. The van der Waals surface area contributed by atoms with Crippen LogP contribution >= 0.6 is 34.7 Å². The molecule has 1 saturated heterocycles. The molecule has 9 N–H and O–H groups in total. The van der Waals surface area contributed by atoms with Gasteiger partial charge in [0, 0.05) is 24.4 Å². The maximum absolute atomic E-state index is 13.3. The molecule has 2 aliphatic rings. The molecule has 0 bridgehead atoms. The van der Waals surface area contributed by atoms with Crippen LogP contribution in [0.5, 0.6) is 0 Å². The summed E-state index contributed by atoms with van der Waals surface area (Å²) in [6.45, 7) is 1.17. The highest BCUT2D eigenvalue weighted by Crippen LogP contribution is 2.40. The van der Waals surface area contributed by atoms with Crippen LogP contribution in [0.4, 0.5) is 11.1 Å². The average Bonchev–Trinajstić information content (AvgIpc) is 3.51. The number of rotatable bonds is 13. The van der Waals surface area contributed by atoms with E-state index in [-0.39, 0.29) is 52.2 Å². The van der Waals surface area contributed by atoms with E-state index in [0.717, 1.165) is 16.2 Å². The first-order chi connectivity index (χ1) is 22.6.